The highest BCUT2D eigenvalue weighted by molar-refractivity contribution is 5.91. The van der Waals surface area contributed by atoms with Gasteiger partial charge in [-0.15, -0.1) is 0 Å². The number of hydrogen-bond donors (Lipinski definition) is 2. The zero-order chi connectivity index (χ0) is 14.7. The first kappa shape index (κ1) is 13.3. The van der Waals surface area contributed by atoms with E-state index in [1.54, 1.807) is 19.5 Å². The molecule has 0 aliphatic carbocycles. The van der Waals surface area contributed by atoms with Crippen molar-refractivity contribution in [2.75, 3.05) is 19.0 Å². The third kappa shape index (κ3) is 2.49. The summed E-state index contributed by atoms with van der Waals surface area (Å²) in [5, 5.41) is 10.9. The van der Waals surface area contributed by atoms with Gasteiger partial charge in [0.15, 0.2) is 5.65 Å². The number of nitrogens with one attached hydrogen (secondary N) is 2. The normalized spacial score (nSPS) is 10.8. The summed E-state index contributed by atoms with van der Waals surface area (Å²) in [5.41, 5.74) is 2.05. The largest absolute Gasteiger partial charge is 0.494 e. The first-order chi connectivity index (χ1) is 10.3. The Balaban J connectivity index is 2.17. The molecular weight excluding hydrogens is 268 g/mol. The number of pyridine rings is 1. The molecule has 0 saturated carbocycles. The van der Waals surface area contributed by atoms with E-state index in [1.165, 1.54) is 0 Å². The lowest BCUT2D eigenvalue weighted by Gasteiger charge is -2.09. The molecule has 3 aromatic heterocycles. The van der Waals surface area contributed by atoms with Crippen LogP contribution in [0.1, 0.15) is 13.3 Å². The average Bonchev–Trinajstić information content (AvgIpc) is 3.00. The van der Waals surface area contributed by atoms with Crippen LogP contribution in [0.2, 0.25) is 0 Å². The highest BCUT2D eigenvalue weighted by Crippen LogP contribution is 2.31. The van der Waals surface area contributed by atoms with E-state index in [-0.39, 0.29) is 0 Å². The van der Waals surface area contributed by atoms with Crippen LogP contribution in [0.5, 0.6) is 5.75 Å². The molecule has 2 N–H and O–H groups in total. The Labute approximate surface area is 121 Å². The van der Waals surface area contributed by atoms with Gasteiger partial charge in [0.25, 0.3) is 0 Å². The summed E-state index contributed by atoms with van der Waals surface area (Å²) >= 11 is 0. The molecule has 21 heavy (non-hydrogen) atoms. The highest BCUT2D eigenvalue weighted by atomic mass is 16.5. The Hall–Kier alpha value is -2.70. The summed E-state index contributed by atoms with van der Waals surface area (Å²) in [6.45, 7) is 2.89. The Bertz CT molecular complexity index is 754. The van der Waals surface area contributed by atoms with Gasteiger partial charge in [0.1, 0.15) is 17.1 Å². The lowest BCUT2D eigenvalue weighted by Crippen LogP contribution is -2.06. The molecule has 0 atom stereocenters. The third-order valence-electron chi connectivity index (χ3n) is 3.06. The molecule has 0 radical (unpaired) electrons. The van der Waals surface area contributed by atoms with Crippen molar-refractivity contribution in [3.63, 3.8) is 0 Å². The molecule has 0 spiro atoms. The summed E-state index contributed by atoms with van der Waals surface area (Å²) in [6, 6.07) is 3.68. The monoisotopic (exact) mass is 284 g/mol. The lowest BCUT2D eigenvalue weighted by atomic mass is 10.2. The summed E-state index contributed by atoms with van der Waals surface area (Å²) in [5.74, 6) is 1.22. The second-order valence-electron chi connectivity index (χ2n) is 4.51. The summed E-state index contributed by atoms with van der Waals surface area (Å²) in [4.78, 5) is 13.4. The van der Waals surface area contributed by atoms with Crippen LogP contribution in [0.4, 0.5) is 5.95 Å². The van der Waals surface area contributed by atoms with Crippen LogP contribution >= 0.6 is 0 Å². The van der Waals surface area contributed by atoms with Gasteiger partial charge in [-0.2, -0.15) is 10.1 Å². The summed E-state index contributed by atoms with van der Waals surface area (Å²) in [6.07, 6.45) is 4.40. The first-order valence-corrected chi connectivity index (χ1v) is 6.78. The summed E-state index contributed by atoms with van der Waals surface area (Å²) < 4.78 is 5.37. The van der Waals surface area contributed by atoms with E-state index >= 15 is 0 Å². The van der Waals surface area contributed by atoms with E-state index in [2.05, 4.69) is 37.4 Å². The molecule has 0 saturated heterocycles. The molecule has 3 heterocycles. The van der Waals surface area contributed by atoms with Crippen LogP contribution in [0, 0.1) is 0 Å². The molecule has 3 rings (SSSR count). The Morgan fingerprint density at radius 2 is 2.19 bits per heavy atom. The van der Waals surface area contributed by atoms with E-state index in [1.807, 2.05) is 12.1 Å². The standard InChI is InChI=1S/C14H16N6O/c1-3-6-16-14-18-11(9-8-17-20-13(9)19-14)12-10(21-2)5-4-7-15-12/h4-5,7-8H,3,6H2,1-2H3,(H2,16,17,18,19,20). The second kappa shape index (κ2) is 5.74. The molecule has 3 aromatic rings. The number of anilines is 1. The van der Waals surface area contributed by atoms with Crippen molar-refractivity contribution < 1.29 is 4.74 Å². The molecule has 0 unspecified atom stereocenters. The maximum atomic E-state index is 5.37. The lowest BCUT2D eigenvalue weighted by molar-refractivity contribution is 0.414. The van der Waals surface area contributed by atoms with Gasteiger partial charge in [-0.3, -0.25) is 10.1 Å². The average molecular weight is 284 g/mol. The van der Waals surface area contributed by atoms with E-state index in [0.717, 1.165) is 18.4 Å². The molecule has 0 aliphatic heterocycles. The molecule has 0 fully saturated rings. The quantitative estimate of drug-likeness (QED) is 0.747. The predicted octanol–water partition coefficient (Wildman–Crippen LogP) is 2.25. The number of ether oxygens (including phenoxy) is 1. The third-order valence-corrected chi connectivity index (χ3v) is 3.06. The minimum Gasteiger partial charge on any atom is -0.494 e. The molecule has 108 valence electrons. The zero-order valence-electron chi connectivity index (χ0n) is 11.9. The van der Waals surface area contributed by atoms with Crippen molar-refractivity contribution in [3.05, 3.63) is 24.5 Å². The maximum absolute atomic E-state index is 5.37. The molecule has 7 nitrogen and oxygen atoms in total. The van der Waals surface area contributed by atoms with Crippen LogP contribution in [0.15, 0.2) is 24.5 Å². The Morgan fingerprint density at radius 3 is 3.00 bits per heavy atom. The molecule has 0 aromatic carbocycles. The van der Waals surface area contributed by atoms with Crippen molar-refractivity contribution in [1.82, 2.24) is 25.1 Å². The van der Waals surface area contributed by atoms with Gasteiger partial charge in [0, 0.05) is 12.7 Å². The Kier molecular flexibility index (Phi) is 3.63. The van der Waals surface area contributed by atoms with Crippen molar-refractivity contribution in [3.8, 4) is 17.1 Å². The van der Waals surface area contributed by atoms with Gasteiger partial charge < -0.3 is 10.1 Å². The number of nitrogens with zero attached hydrogens (tertiary/aromatic N) is 4. The molecular formula is C14H16N6O. The smallest absolute Gasteiger partial charge is 0.225 e. The van der Waals surface area contributed by atoms with E-state index in [9.17, 15) is 0 Å². The van der Waals surface area contributed by atoms with Crippen LogP contribution in [0.25, 0.3) is 22.4 Å². The van der Waals surface area contributed by atoms with Gasteiger partial charge >= 0.3 is 0 Å². The fraction of sp³-hybridized carbons (Fsp3) is 0.286. The van der Waals surface area contributed by atoms with Crippen molar-refractivity contribution in [1.29, 1.82) is 0 Å². The number of H-pyrrole nitrogens is 1. The van der Waals surface area contributed by atoms with Crippen LogP contribution in [0.3, 0.4) is 0 Å². The van der Waals surface area contributed by atoms with Crippen LogP contribution in [-0.2, 0) is 0 Å². The van der Waals surface area contributed by atoms with Crippen LogP contribution < -0.4 is 10.1 Å². The molecule has 7 heteroatoms. The minimum atomic E-state index is 0.552. The van der Waals surface area contributed by atoms with E-state index in [4.69, 9.17) is 4.74 Å². The SMILES string of the molecule is CCCNc1nc(-c2ncccc2OC)c2cn[nH]c2n1. The Morgan fingerprint density at radius 1 is 1.29 bits per heavy atom. The fourth-order valence-electron chi connectivity index (χ4n) is 2.06. The summed E-state index contributed by atoms with van der Waals surface area (Å²) in [7, 11) is 1.62. The zero-order valence-corrected chi connectivity index (χ0v) is 11.9. The van der Waals surface area contributed by atoms with Crippen LogP contribution in [-0.4, -0.2) is 38.8 Å². The van der Waals surface area contributed by atoms with Crippen molar-refractivity contribution in [2.24, 2.45) is 0 Å². The predicted molar refractivity (Wildman–Crippen MR) is 80.2 cm³/mol. The number of aromatic nitrogens is 5. The van der Waals surface area contributed by atoms with E-state index in [0.29, 0.717) is 28.7 Å². The van der Waals surface area contributed by atoms with E-state index < -0.39 is 0 Å². The van der Waals surface area contributed by atoms with Gasteiger partial charge in [0.05, 0.1) is 18.7 Å². The number of hydrogen-bond acceptors (Lipinski definition) is 6. The topological polar surface area (TPSA) is 88.6 Å². The van der Waals surface area contributed by atoms with Gasteiger partial charge in [-0.1, -0.05) is 6.92 Å². The fourth-order valence-corrected chi connectivity index (χ4v) is 2.06. The maximum Gasteiger partial charge on any atom is 0.225 e. The molecule has 0 bridgehead atoms. The van der Waals surface area contributed by atoms with Gasteiger partial charge in [-0.25, -0.2) is 4.98 Å². The van der Waals surface area contributed by atoms with Crippen molar-refractivity contribution >= 4 is 17.0 Å². The molecule has 0 amide bonds. The second-order valence-corrected chi connectivity index (χ2v) is 4.51. The van der Waals surface area contributed by atoms with Crippen molar-refractivity contribution in [2.45, 2.75) is 13.3 Å². The molecule has 0 aliphatic rings. The number of methoxy groups -OCH3 is 1. The minimum absolute atomic E-state index is 0.552. The number of rotatable bonds is 5. The van der Waals surface area contributed by atoms with Gasteiger partial charge in [0.2, 0.25) is 5.95 Å². The number of aromatic amines is 1. The highest BCUT2D eigenvalue weighted by Gasteiger charge is 2.15. The first-order valence-electron chi connectivity index (χ1n) is 6.78. The van der Waals surface area contributed by atoms with Gasteiger partial charge in [-0.05, 0) is 18.6 Å². The number of fused-ring (bicyclic) bond motifs is 1.